The minimum atomic E-state index is -4.42. The van der Waals surface area contributed by atoms with Crippen LogP contribution in [0.3, 0.4) is 0 Å². The molecule has 1 unspecified atom stereocenters. The number of rotatable bonds is 5. The number of carbonyl (C=O) groups excluding carboxylic acids is 1. The molecule has 2 aromatic carbocycles. The summed E-state index contributed by atoms with van der Waals surface area (Å²) in [6.07, 6.45) is -4.03. The molecule has 0 radical (unpaired) electrons. The predicted octanol–water partition coefficient (Wildman–Crippen LogP) is 4.00. The summed E-state index contributed by atoms with van der Waals surface area (Å²) in [5.74, 6) is -0.0286. The Bertz CT molecular complexity index is 1290. The number of nitrogens with one attached hydrogen (secondary N) is 1. The number of anilines is 1. The zero-order valence-corrected chi connectivity index (χ0v) is 19.5. The lowest BCUT2D eigenvalue weighted by molar-refractivity contribution is -0.137. The SMILES string of the molecule is COn1c(NC(C)c2ccc(C(F)(F)F)cc2)nc2c(c1=O)CN(C(=O)c1ccc(C)cc1)CC2. The van der Waals surface area contributed by atoms with Crippen molar-refractivity contribution in [1.82, 2.24) is 14.6 Å². The van der Waals surface area contributed by atoms with E-state index in [1.807, 2.05) is 19.1 Å². The molecule has 1 aliphatic heterocycles. The van der Waals surface area contributed by atoms with Crippen LogP contribution < -0.4 is 15.7 Å². The van der Waals surface area contributed by atoms with Gasteiger partial charge in [0.25, 0.3) is 11.5 Å². The molecular weight excluding hydrogens is 461 g/mol. The van der Waals surface area contributed by atoms with E-state index in [2.05, 4.69) is 10.3 Å². The van der Waals surface area contributed by atoms with E-state index in [9.17, 15) is 22.8 Å². The highest BCUT2D eigenvalue weighted by atomic mass is 19.4. The number of halogens is 3. The van der Waals surface area contributed by atoms with Crippen molar-refractivity contribution in [2.45, 2.75) is 39.0 Å². The standard InChI is InChI=1S/C25H25F3N4O3/c1-15-4-6-18(7-5-15)22(33)31-13-12-21-20(14-31)23(34)32(35-3)24(30-21)29-16(2)17-8-10-19(11-9-17)25(26,27)28/h4-11,16H,12-14H2,1-3H3,(H,29,30). The molecule has 0 aliphatic carbocycles. The van der Waals surface area contributed by atoms with Gasteiger partial charge >= 0.3 is 6.18 Å². The molecule has 0 spiro atoms. The lowest BCUT2D eigenvalue weighted by atomic mass is 10.0. The topological polar surface area (TPSA) is 76.5 Å². The number of carbonyl (C=O) groups is 1. The maximum absolute atomic E-state index is 13.2. The van der Waals surface area contributed by atoms with Gasteiger partial charge in [-0.05, 0) is 43.7 Å². The van der Waals surface area contributed by atoms with Crippen LogP contribution in [0.4, 0.5) is 19.1 Å². The molecule has 0 saturated heterocycles. The molecule has 3 aromatic rings. The van der Waals surface area contributed by atoms with Crippen molar-refractivity contribution < 1.29 is 22.8 Å². The minimum absolute atomic E-state index is 0.103. The van der Waals surface area contributed by atoms with Crippen molar-refractivity contribution in [3.05, 3.63) is 92.4 Å². The molecule has 4 rings (SSSR count). The fourth-order valence-electron chi connectivity index (χ4n) is 4.01. The third-order valence-corrected chi connectivity index (χ3v) is 6.04. The quantitative estimate of drug-likeness (QED) is 0.590. The monoisotopic (exact) mass is 486 g/mol. The first kappa shape index (κ1) is 24.3. The normalized spacial score (nSPS) is 14.3. The van der Waals surface area contributed by atoms with E-state index in [1.54, 1.807) is 24.0 Å². The molecule has 1 atom stereocenters. The number of aromatic nitrogens is 2. The molecule has 0 saturated carbocycles. The first-order valence-electron chi connectivity index (χ1n) is 11.1. The van der Waals surface area contributed by atoms with Crippen LogP contribution in [0.1, 0.15) is 51.3 Å². The lowest BCUT2D eigenvalue weighted by Crippen LogP contribution is -2.42. The van der Waals surface area contributed by atoms with E-state index >= 15 is 0 Å². The van der Waals surface area contributed by atoms with Gasteiger partial charge in [-0.3, -0.25) is 9.59 Å². The second-order valence-corrected chi connectivity index (χ2v) is 8.47. The summed E-state index contributed by atoms with van der Waals surface area (Å²) in [4.78, 5) is 37.5. The Labute approximate surface area is 200 Å². The van der Waals surface area contributed by atoms with Crippen molar-refractivity contribution in [2.75, 3.05) is 19.0 Å². The zero-order chi connectivity index (χ0) is 25.3. The van der Waals surface area contributed by atoms with Gasteiger partial charge < -0.3 is 15.1 Å². The van der Waals surface area contributed by atoms with Crippen molar-refractivity contribution in [2.24, 2.45) is 0 Å². The molecule has 1 amide bonds. The Hall–Kier alpha value is -3.82. The van der Waals surface area contributed by atoms with Crippen LogP contribution >= 0.6 is 0 Å². The number of hydrogen-bond donors (Lipinski definition) is 1. The highest BCUT2D eigenvalue weighted by Gasteiger charge is 2.30. The maximum Gasteiger partial charge on any atom is 0.416 e. The van der Waals surface area contributed by atoms with Gasteiger partial charge in [0.2, 0.25) is 5.95 Å². The highest BCUT2D eigenvalue weighted by molar-refractivity contribution is 5.94. The van der Waals surface area contributed by atoms with E-state index in [0.717, 1.165) is 22.4 Å². The summed E-state index contributed by atoms with van der Waals surface area (Å²) in [5, 5.41) is 3.06. The molecule has 1 N–H and O–H groups in total. The van der Waals surface area contributed by atoms with Gasteiger partial charge in [-0.25, -0.2) is 4.98 Å². The molecule has 7 nitrogen and oxygen atoms in total. The Morgan fingerprint density at radius 2 is 1.77 bits per heavy atom. The summed E-state index contributed by atoms with van der Waals surface area (Å²) < 4.78 is 39.6. The van der Waals surface area contributed by atoms with Gasteiger partial charge in [-0.1, -0.05) is 29.8 Å². The van der Waals surface area contributed by atoms with Crippen molar-refractivity contribution in [3.8, 4) is 0 Å². The largest absolute Gasteiger partial charge is 0.416 e. The van der Waals surface area contributed by atoms with Gasteiger partial charge in [0.05, 0.1) is 29.4 Å². The third-order valence-electron chi connectivity index (χ3n) is 6.04. The van der Waals surface area contributed by atoms with E-state index in [0.29, 0.717) is 35.3 Å². The second kappa shape index (κ2) is 9.44. The Balaban J connectivity index is 1.57. The zero-order valence-electron chi connectivity index (χ0n) is 19.5. The van der Waals surface area contributed by atoms with Crippen molar-refractivity contribution in [1.29, 1.82) is 0 Å². The summed E-state index contributed by atoms with van der Waals surface area (Å²) in [6, 6.07) is 11.6. The molecule has 10 heteroatoms. The fourth-order valence-corrected chi connectivity index (χ4v) is 4.01. The molecule has 2 heterocycles. The van der Waals surface area contributed by atoms with E-state index in [-0.39, 0.29) is 18.4 Å². The highest BCUT2D eigenvalue weighted by Crippen LogP contribution is 2.30. The average Bonchev–Trinajstić information content (AvgIpc) is 2.83. The number of alkyl halides is 3. The lowest BCUT2D eigenvalue weighted by Gasteiger charge is -2.29. The van der Waals surface area contributed by atoms with Gasteiger partial charge in [0.1, 0.15) is 7.11 Å². The summed E-state index contributed by atoms with van der Waals surface area (Å²) in [7, 11) is 1.32. The summed E-state index contributed by atoms with van der Waals surface area (Å²) >= 11 is 0. The van der Waals surface area contributed by atoms with Crippen LogP contribution in [0.25, 0.3) is 0 Å². The molecule has 1 aliphatic rings. The van der Waals surface area contributed by atoms with E-state index in [1.165, 1.54) is 19.2 Å². The molecule has 35 heavy (non-hydrogen) atoms. The van der Waals surface area contributed by atoms with Crippen molar-refractivity contribution in [3.63, 3.8) is 0 Å². The van der Waals surface area contributed by atoms with Crippen LogP contribution in [-0.2, 0) is 19.1 Å². The van der Waals surface area contributed by atoms with Crippen LogP contribution in [0.15, 0.2) is 53.3 Å². The predicted molar refractivity (Wildman–Crippen MR) is 124 cm³/mol. The molecule has 184 valence electrons. The van der Waals surface area contributed by atoms with Gasteiger partial charge in [0.15, 0.2) is 0 Å². The number of amides is 1. The van der Waals surface area contributed by atoms with Gasteiger partial charge in [-0.15, -0.1) is 4.73 Å². The fraction of sp³-hybridized carbons (Fsp3) is 0.320. The first-order chi connectivity index (χ1) is 16.6. The van der Waals surface area contributed by atoms with Crippen LogP contribution in [0, 0.1) is 6.92 Å². The summed E-state index contributed by atoms with van der Waals surface area (Å²) in [6.45, 7) is 4.19. The number of nitrogens with zero attached hydrogens (tertiary/aromatic N) is 3. The first-order valence-corrected chi connectivity index (χ1v) is 11.1. The molecule has 0 fully saturated rings. The van der Waals surface area contributed by atoms with Crippen molar-refractivity contribution >= 4 is 11.9 Å². The van der Waals surface area contributed by atoms with Gasteiger partial charge in [-0.2, -0.15) is 13.2 Å². The Morgan fingerprint density at radius 3 is 2.37 bits per heavy atom. The third kappa shape index (κ3) is 5.01. The number of aryl methyl sites for hydroxylation is 1. The van der Waals surface area contributed by atoms with Gasteiger partial charge in [0, 0.05) is 18.5 Å². The van der Waals surface area contributed by atoms with E-state index in [4.69, 9.17) is 4.84 Å². The smallest absolute Gasteiger partial charge is 0.411 e. The molecule has 0 bridgehead atoms. The number of hydrogen-bond acceptors (Lipinski definition) is 5. The van der Waals surface area contributed by atoms with Crippen LogP contribution in [0.2, 0.25) is 0 Å². The minimum Gasteiger partial charge on any atom is -0.411 e. The molecular formula is C25H25F3N4O3. The molecule has 1 aromatic heterocycles. The van der Waals surface area contributed by atoms with E-state index < -0.39 is 23.3 Å². The summed E-state index contributed by atoms with van der Waals surface area (Å²) in [5.41, 5.74) is 1.91. The van der Waals surface area contributed by atoms with Crippen LogP contribution in [0.5, 0.6) is 0 Å². The number of fused-ring (bicyclic) bond motifs is 1. The Kier molecular flexibility index (Phi) is 6.56. The Morgan fingerprint density at radius 1 is 1.11 bits per heavy atom. The second-order valence-electron chi connectivity index (χ2n) is 8.47. The average molecular weight is 486 g/mol. The van der Waals surface area contributed by atoms with Crippen LogP contribution in [-0.4, -0.2) is 34.2 Å². The maximum atomic E-state index is 13.2. The number of benzene rings is 2.